The van der Waals surface area contributed by atoms with Crippen molar-refractivity contribution in [2.75, 3.05) is 31.2 Å². The van der Waals surface area contributed by atoms with Gasteiger partial charge in [-0.15, -0.1) is 0 Å². The molecule has 1 fully saturated rings. The number of likely N-dealkylation sites (N-methyl/N-ethyl adjacent to an activating group) is 1. The van der Waals surface area contributed by atoms with Crippen LogP contribution in [0.25, 0.3) is 0 Å². The molecule has 1 saturated heterocycles. The zero-order valence-corrected chi connectivity index (χ0v) is 11.5. The van der Waals surface area contributed by atoms with Crippen LogP contribution in [0.4, 0.5) is 11.4 Å². The molecule has 0 aromatic heterocycles. The highest BCUT2D eigenvalue weighted by Crippen LogP contribution is 2.20. The van der Waals surface area contributed by atoms with Crippen LogP contribution in [0.15, 0.2) is 18.2 Å². The molecule has 0 spiro atoms. The Labute approximate surface area is 115 Å². The summed E-state index contributed by atoms with van der Waals surface area (Å²) < 4.78 is 0. The molecule has 2 rings (SSSR count). The number of nitriles is 1. The second-order valence-electron chi connectivity index (χ2n) is 5.26. The standard InChI is InChI=1S/C15H22N4/c1-19-9-3-2-4-14(19)11-18-13-5-6-15(17)12(10-13)7-8-16/h5-6,10,14,18H,2-4,7,9,11,17H2,1H3. The van der Waals surface area contributed by atoms with Gasteiger partial charge in [-0.1, -0.05) is 6.42 Å². The molecule has 1 atom stereocenters. The van der Waals surface area contributed by atoms with Crippen molar-refractivity contribution < 1.29 is 0 Å². The van der Waals surface area contributed by atoms with Gasteiger partial charge in [0.1, 0.15) is 0 Å². The molecule has 1 heterocycles. The number of hydrogen-bond acceptors (Lipinski definition) is 4. The van der Waals surface area contributed by atoms with Crippen molar-refractivity contribution in [1.82, 2.24) is 4.90 Å². The van der Waals surface area contributed by atoms with Crippen LogP contribution in [0, 0.1) is 11.3 Å². The zero-order chi connectivity index (χ0) is 13.7. The SMILES string of the molecule is CN1CCCCC1CNc1ccc(N)c(CC#N)c1. The fourth-order valence-corrected chi connectivity index (χ4v) is 2.59. The molecule has 0 saturated carbocycles. The van der Waals surface area contributed by atoms with Gasteiger partial charge in [-0.2, -0.15) is 5.26 Å². The molecule has 102 valence electrons. The maximum absolute atomic E-state index is 8.77. The van der Waals surface area contributed by atoms with Gasteiger partial charge in [0.05, 0.1) is 12.5 Å². The Balaban J connectivity index is 1.95. The molecule has 1 aliphatic rings. The number of nitrogens with two attached hydrogens (primary N) is 1. The van der Waals surface area contributed by atoms with Crippen molar-refractivity contribution in [2.24, 2.45) is 0 Å². The van der Waals surface area contributed by atoms with Gasteiger partial charge >= 0.3 is 0 Å². The summed E-state index contributed by atoms with van der Waals surface area (Å²) in [5, 5.41) is 12.2. The van der Waals surface area contributed by atoms with Crippen LogP contribution in [-0.2, 0) is 6.42 Å². The molecule has 4 nitrogen and oxygen atoms in total. The van der Waals surface area contributed by atoms with E-state index < -0.39 is 0 Å². The number of likely N-dealkylation sites (tertiary alicyclic amines) is 1. The van der Waals surface area contributed by atoms with E-state index in [0.717, 1.165) is 17.8 Å². The van der Waals surface area contributed by atoms with Crippen molar-refractivity contribution >= 4 is 11.4 Å². The summed E-state index contributed by atoms with van der Waals surface area (Å²) in [6.07, 6.45) is 4.24. The first-order valence-corrected chi connectivity index (χ1v) is 6.90. The molecule has 3 N–H and O–H groups in total. The second-order valence-corrected chi connectivity index (χ2v) is 5.26. The summed E-state index contributed by atoms with van der Waals surface area (Å²) >= 11 is 0. The lowest BCUT2D eigenvalue weighted by molar-refractivity contribution is 0.194. The van der Waals surface area contributed by atoms with Crippen molar-refractivity contribution in [1.29, 1.82) is 5.26 Å². The van der Waals surface area contributed by atoms with Gasteiger partial charge in [-0.25, -0.2) is 0 Å². The van der Waals surface area contributed by atoms with Crippen molar-refractivity contribution in [3.05, 3.63) is 23.8 Å². The van der Waals surface area contributed by atoms with E-state index in [-0.39, 0.29) is 0 Å². The third-order valence-corrected chi connectivity index (χ3v) is 3.88. The van der Waals surface area contributed by atoms with E-state index in [1.165, 1.54) is 25.8 Å². The lowest BCUT2D eigenvalue weighted by Gasteiger charge is -2.32. The minimum Gasteiger partial charge on any atom is -0.398 e. The predicted molar refractivity (Wildman–Crippen MR) is 78.9 cm³/mol. The molecule has 1 aromatic carbocycles. The first kappa shape index (κ1) is 13.7. The van der Waals surface area contributed by atoms with Gasteiger partial charge in [0.25, 0.3) is 0 Å². The van der Waals surface area contributed by atoms with Crippen molar-refractivity contribution in [3.8, 4) is 6.07 Å². The van der Waals surface area contributed by atoms with Crippen LogP contribution in [0.5, 0.6) is 0 Å². The topological polar surface area (TPSA) is 65.1 Å². The molecule has 0 bridgehead atoms. The number of anilines is 2. The predicted octanol–water partition coefficient (Wildman–Crippen LogP) is 2.23. The largest absolute Gasteiger partial charge is 0.398 e. The molecule has 0 aliphatic carbocycles. The van der Waals surface area contributed by atoms with Crippen molar-refractivity contribution in [3.63, 3.8) is 0 Å². The second kappa shape index (κ2) is 6.44. The Kier molecular flexibility index (Phi) is 4.64. The van der Waals surface area contributed by atoms with Gasteiger partial charge in [-0.05, 0) is 50.2 Å². The summed E-state index contributed by atoms with van der Waals surface area (Å²) in [6, 6.07) is 8.60. The Bertz CT molecular complexity index is 464. The van der Waals surface area contributed by atoms with E-state index in [2.05, 4.69) is 23.3 Å². The molecule has 0 radical (unpaired) electrons. The summed E-state index contributed by atoms with van der Waals surface area (Å²) in [7, 11) is 2.19. The summed E-state index contributed by atoms with van der Waals surface area (Å²) in [4.78, 5) is 2.42. The zero-order valence-electron chi connectivity index (χ0n) is 11.5. The lowest BCUT2D eigenvalue weighted by Crippen LogP contribution is -2.40. The average molecular weight is 258 g/mol. The van der Waals surface area contributed by atoms with E-state index >= 15 is 0 Å². The maximum Gasteiger partial charge on any atom is 0.0670 e. The van der Waals surface area contributed by atoms with Gasteiger partial charge < -0.3 is 16.0 Å². The fourth-order valence-electron chi connectivity index (χ4n) is 2.59. The van der Waals surface area contributed by atoms with Crippen molar-refractivity contribution in [2.45, 2.75) is 31.7 Å². The minimum absolute atomic E-state index is 0.366. The molecule has 1 aliphatic heterocycles. The quantitative estimate of drug-likeness (QED) is 0.813. The normalized spacial score (nSPS) is 19.9. The number of rotatable bonds is 4. The van der Waals surface area contributed by atoms with Gasteiger partial charge in [0, 0.05) is 24.0 Å². The van der Waals surface area contributed by atoms with Crippen LogP contribution >= 0.6 is 0 Å². The summed E-state index contributed by atoms with van der Waals surface area (Å²) in [5.41, 5.74) is 8.51. The first-order chi connectivity index (χ1) is 9.20. The molecular weight excluding hydrogens is 236 g/mol. The van der Waals surface area contributed by atoms with Crippen LogP contribution in [-0.4, -0.2) is 31.1 Å². The minimum atomic E-state index is 0.366. The number of piperidine rings is 1. The summed E-state index contributed by atoms with van der Waals surface area (Å²) in [5.74, 6) is 0. The van der Waals surface area contributed by atoms with Crippen LogP contribution < -0.4 is 11.1 Å². The average Bonchev–Trinajstić information content (AvgIpc) is 2.41. The Morgan fingerprint density at radius 3 is 3.05 bits per heavy atom. The number of nitrogen functional groups attached to an aromatic ring is 1. The van der Waals surface area contributed by atoms with E-state index in [9.17, 15) is 0 Å². The monoisotopic (exact) mass is 258 g/mol. The van der Waals surface area contributed by atoms with Crippen LogP contribution in [0.3, 0.4) is 0 Å². The highest BCUT2D eigenvalue weighted by atomic mass is 15.2. The van der Waals surface area contributed by atoms with Gasteiger partial charge in [-0.3, -0.25) is 0 Å². The van der Waals surface area contributed by atoms with Gasteiger partial charge in [0.15, 0.2) is 0 Å². The lowest BCUT2D eigenvalue weighted by atomic mass is 10.0. The summed E-state index contributed by atoms with van der Waals surface area (Å²) in [6.45, 7) is 2.14. The van der Waals surface area contributed by atoms with E-state index in [1.54, 1.807) is 0 Å². The number of nitrogens with zero attached hydrogens (tertiary/aromatic N) is 2. The Hall–Kier alpha value is -1.73. The number of hydrogen-bond donors (Lipinski definition) is 2. The first-order valence-electron chi connectivity index (χ1n) is 6.90. The molecule has 0 amide bonds. The maximum atomic E-state index is 8.77. The molecule has 19 heavy (non-hydrogen) atoms. The molecular formula is C15H22N4. The highest BCUT2D eigenvalue weighted by molar-refractivity contribution is 5.58. The highest BCUT2D eigenvalue weighted by Gasteiger charge is 2.18. The Morgan fingerprint density at radius 1 is 1.47 bits per heavy atom. The van der Waals surface area contributed by atoms with E-state index in [1.807, 2.05) is 18.2 Å². The number of benzene rings is 1. The Morgan fingerprint density at radius 2 is 2.32 bits per heavy atom. The van der Waals surface area contributed by atoms with E-state index in [0.29, 0.717) is 18.2 Å². The fraction of sp³-hybridized carbons (Fsp3) is 0.533. The molecule has 1 aromatic rings. The number of nitrogens with one attached hydrogen (secondary N) is 1. The third kappa shape index (κ3) is 3.62. The van der Waals surface area contributed by atoms with Crippen LogP contribution in [0.2, 0.25) is 0 Å². The van der Waals surface area contributed by atoms with E-state index in [4.69, 9.17) is 11.0 Å². The molecule has 1 unspecified atom stereocenters. The third-order valence-electron chi connectivity index (χ3n) is 3.88. The smallest absolute Gasteiger partial charge is 0.0670 e. The molecule has 4 heteroatoms. The van der Waals surface area contributed by atoms with Crippen LogP contribution in [0.1, 0.15) is 24.8 Å². The van der Waals surface area contributed by atoms with Gasteiger partial charge in [0.2, 0.25) is 0 Å².